The van der Waals surface area contributed by atoms with Crippen LogP contribution in [0.4, 0.5) is 0 Å². The molecule has 4 nitrogen and oxygen atoms in total. The van der Waals surface area contributed by atoms with Crippen LogP contribution in [0.1, 0.15) is 69.3 Å². The lowest BCUT2D eigenvalue weighted by Crippen LogP contribution is -2.46. The second-order valence-electron chi connectivity index (χ2n) is 7.90. The van der Waals surface area contributed by atoms with E-state index in [1.54, 1.807) is 4.90 Å². The van der Waals surface area contributed by atoms with Crippen LogP contribution in [-0.4, -0.2) is 47.8 Å². The summed E-state index contributed by atoms with van der Waals surface area (Å²) in [5.41, 5.74) is 1.42. The van der Waals surface area contributed by atoms with Gasteiger partial charge in [-0.2, -0.15) is 0 Å². The molecule has 0 bridgehead atoms. The maximum atomic E-state index is 12.7. The molecule has 0 atom stereocenters. The molecule has 3 rings (SSSR count). The summed E-state index contributed by atoms with van der Waals surface area (Å²) in [5.74, 6) is 0.869. The Morgan fingerprint density at radius 2 is 1.73 bits per heavy atom. The lowest BCUT2D eigenvalue weighted by Gasteiger charge is -2.36. The average Bonchev–Trinajstić information content (AvgIpc) is 2.68. The number of hydrogen-bond acceptors (Lipinski definition) is 2. The van der Waals surface area contributed by atoms with E-state index in [2.05, 4.69) is 30.3 Å². The molecule has 1 saturated heterocycles. The Bertz CT molecular complexity index is 593. The fourth-order valence-corrected chi connectivity index (χ4v) is 4.38. The lowest BCUT2D eigenvalue weighted by molar-refractivity contribution is -0.141. The monoisotopic (exact) mass is 356 g/mol. The minimum Gasteiger partial charge on any atom is -0.341 e. The molecule has 2 aliphatic rings. The molecule has 0 radical (unpaired) electrons. The van der Waals surface area contributed by atoms with Gasteiger partial charge in [0.1, 0.15) is 0 Å². The number of amides is 2. The fourth-order valence-electron chi connectivity index (χ4n) is 4.38. The van der Waals surface area contributed by atoms with Gasteiger partial charge >= 0.3 is 0 Å². The molecule has 1 aliphatic heterocycles. The highest BCUT2D eigenvalue weighted by Gasteiger charge is 2.28. The minimum atomic E-state index is 0.0992. The van der Waals surface area contributed by atoms with Crippen LogP contribution in [0.25, 0.3) is 0 Å². The van der Waals surface area contributed by atoms with E-state index in [-0.39, 0.29) is 18.4 Å². The molecule has 0 unspecified atom stereocenters. The number of carbonyl (C=O) groups is 2. The predicted molar refractivity (Wildman–Crippen MR) is 104 cm³/mol. The van der Waals surface area contributed by atoms with Crippen molar-refractivity contribution in [1.82, 2.24) is 9.80 Å². The van der Waals surface area contributed by atoms with Gasteiger partial charge in [0, 0.05) is 26.1 Å². The number of likely N-dealkylation sites (tertiary alicyclic amines) is 1. The molecule has 1 aromatic rings. The zero-order valence-electron chi connectivity index (χ0n) is 16.0. The van der Waals surface area contributed by atoms with Crippen molar-refractivity contribution in [3.8, 4) is 0 Å². The smallest absolute Gasteiger partial charge is 0.242 e. The number of carbonyl (C=O) groups excluding carboxylic acids is 2. The number of rotatable bonds is 4. The largest absolute Gasteiger partial charge is 0.341 e. The van der Waals surface area contributed by atoms with Crippen molar-refractivity contribution in [2.24, 2.45) is 0 Å². The summed E-state index contributed by atoms with van der Waals surface area (Å²) in [6, 6.07) is 11.0. The van der Waals surface area contributed by atoms with Crippen molar-refractivity contribution in [3.63, 3.8) is 0 Å². The second-order valence-corrected chi connectivity index (χ2v) is 7.90. The Kier molecular flexibility index (Phi) is 6.70. The van der Waals surface area contributed by atoms with Gasteiger partial charge < -0.3 is 9.80 Å². The van der Waals surface area contributed by atoms with Gasteiger partial charge in [0.25, 0.3) is 0 Å². The van der Waals surface area contributed by atoms with Crippen LogP contribution in [0.5, 0.6) is 0 Å². The van der Waals surface area contributed by atoms with Crippen LogP contribution >= 0.6 is 0 Å². The van der Waals surface area contributed by atoms with Crippen LogP contribution in [0.3, 0.4) is 0 Å². The van der Waals surface area contributed by atoms with Crippen molar-refractivity contribution in [2.45, 2.75) is 69.7 Å². The van der Waals surface area contributed by atoms with Crippen molar-refractivity contribution >= 4 is 11.8 Å². The van der Waals surface area contributed by atoms with E-state index < -0.39 is 0 Å². The SMILES string of the molecule is CN(C(=O)CN1CCCCCCC1=O)C1CCC(c2ccccc2)CC1. The van der Waals surface area contributed by atoms with Gasteiger partial charge in [-0.1, -0.05) is 43.2 Å². The quantitative estimate of drug-likeness (QED) is 0.819. The maximum absolute atomic E-state index is 12.7. The van der Waals surface area contributed by atoms with Crippen LogP contribution in [-0.2, 0) is 9.59 Å². The molecule has 0 spiro atoms. The summed E-state index contributed by atoms with van der Waals surface area (Å²) in [6.45, 7) is 0.993. The fraction of sp³-hybridized carbons (Fsp3) is 0.636. The van der Waals surface area contributed by atoms with Crippen molar-refractivity contribution in [1.29, 1.82) is 0 Å². The standard InChI is InChI=1S/C22H32N2O2/c1-23(22(26)17-24-16-8-3-2-7-11-21(24)25)20-14-12-19(13-15-20)18-9-5-4-6-10-18/h4-6,9-10,19-20H,2-3,7-8,11-17H2,1H3. The van der Waals surface area contributed by atoms with Crippen molar-refractivity contribution in [2.75, 3.05) is 20.1 Å². The van der Waals surface area contributed by atoms with Crippen molar-refractivity contribution < 1.29 is 9.59 Å². The first-order valence-corrected chi connectivity index (χ1v) is 10.2. The molecule has 26 heavy (non-hydrogen) atoms. The maximum Gasteiger partial charge on any atom is 0.242 e. The minimum absolute atomic E-state index is 0.0992. The molecule has 0 N–H and O–H groups in total. The highest BCUT2D eigenvalue weighted by Crippen LogP contribution is 2.34. The predicted octanol–water partition coefficient (Wildman–Crippen LogP) is 3.96. The zero-order chi connectivity index (χ0) is 18.4. The van der Waals surface area contributed by atoms with E-state index in [9.17, 15) is 9.59 Å². The van der Waals surface area contributed by atoms with E-state index in [0.717, 1.165) is 57.9 Å². The van der Waals surface area contributed by atoms with Gasteiger partial charge in [-0.25, -0.2) is 0 Å². The molecular weight excluding hydrogens is 324 g/mol. The molecule has 1 aromatic carbocycles. The molecular formula is C22H32N2O2. The average molecular weight is 357 g/mol. The highest BCUT2D eigenvalue weighted by molar-refractivity contribution is 5.85. The van der Waals surface area contributed by atoms with Gasteiger partial charge in [-0.3, -0.25) is 9.59 Å². The second kappa shape index (κ2) is 9.20. The normalized spacial score (nSPS) is 24.7. The topological polar surface area (TPSA) is 40.6 Å². The molecule has 2 amide bonds. The first kappa shape index (κ1) is 18.9. The Balaban J connectivity index is 1.50. The third kappa shape index (κ3) is 4.87. The molecule has 0 aromatic heterocycles. The third-order valence-electron chi connectivity index (χ3n) is 6.16. The van der Waals surface area contributed by atoms with Gasteiger partial charge in [0.05, 0.1) is 6.54 Å². The van der Waals surface area contributed by atoms with Gasteiger partial charge in [-0.05, 0) is 50.0 Å². The first-order chi connectivity index (χ1) is 12.6. The van der Waals surface area contributed by atoms with E-state index in [1.165, 1.54) is 5.56 Å². The Morgan fingerprint density at radius 1 is 1.04 bits per heavy atom. The van der Waals surface area contributed by atoms with Crippen molar-refractivity contribution in [3.05, 3.63) is 35.9 Å². The summed E-state index contributed by atoms with van der Waals surface area (Å²) in [4.78, 5) is 28.7. The van der Waals surface area contributed by atoms with Crippen LogP contribution in [0.2, 0.25) is 0 Å². The Hall–Kier alpha value is -1.84. The van der Waals surface area contributed by atoms with Crippen LogP contribution < -0.4 is 0 Å². The first-order valence-electron chi connectivity index (χ1n) is 10.2. The summed E-state index contributed by atoms with van der Waals surface area (Å²) in [7, 11) is 1.92. The zero-order valence-corrected chi connectivity index (χ0v) is 16.0. The van der Waals surface area contributed by atoms with Crippen LogP contribution in [0, 0.1) is 0 Å². The molecule has 1 saturated carbocycles. The Morgan fingerprint density at radius 3 is 2.46 bits per heavy atom. The molecule has 4 heteroatoms. The van der Waals surface area contributed by atoms with E-state index in [4.69, 9.17) is 0 Å². The highest BCUT2D eigenvalue weighted by atomic mass is 16.2. The number of nitrogens with zero attached hydrogens (tertiary/aromatic N) is 2. The summed E-state index contributed by atoms with van der Waals surface area (Å²) in [5, 5.41) is 0. The summed E-state index contributed by atoms with van der Waals surface area (Å²) < 4.78 is 0. The molecule has 1 aliphatic carbocycles. The third-order valence-corrected chi connectivity index (χ3v) is 6.16. The van der Waals surface area contributed by atoms with E-state index in [1.807, 2.05) is 11.9 Å². The Labute approximate surface area is 157 Å². The number of likely N-dealkylation sites (N-methyl/N-ethyl adjacent to an activating group) is 1. The summed E-state index contributed by atoms with van der Waals surface area (Å²) in [6.07, 6.45) is 9.25. The van der Waals surface area contributed by atoms with Gasteiger partial charge in [0.15, 0.2) is 0 Å². The molecule has 2 fully saturated rings. The van der Waals surface area contributed by atoms with Gasteiger partial charge in [-0.15, -0.1) is 0 Å². The molecule has 1 heterocycles. The van der Waals surface area contributed by atoms with E-state index in [0.29, 0.717) is 18.4 Å². The number of hydrogen-bond donors (Lipinski definition) is 0. The molecule has 142 valence electrons. The van der Waals surface area contributed by atoms with E-state index >= 15 is 0 Å². The number of benzene rings is 1. The lowest BCUT2D eigenvalue weighted by atomic mass is 9.81. The summed E-state index contributed by atoms with van der Waals surface area (Å²) >= 11 is 0. The van der Waals surface area contributed by atoms with Crippen LogP contribution in [0.15, 0.2) is 30.3 Å². The van der Waals surface area contributed by atoms with Gasteiger partial charge in [0.2, 0.25) is 11.8 Å².